The number of likely N-dealkylation sites (tertiary alicyclic amines) is 1. The summed E-state index contributed by atoms with van der Waals surface area (Å²) in [6.45, 7) is 6.21. The summed E-state index contributed by atoms with van der Waals surface area (Å²) >= 11 is 0. The van der Waals surface area contributed by atoms with Gasteiger partial charge in [0.1, 0.15) is 5.82 Å². The number of rotatable bonds is 5. The molecule has 0 saturated carbocycles. The highest BCUT2D eigenvalue weighted by atomic mass is 16.6. The summed E-state index contributed by atoms with van der Waals surface area (Å²) in [5.41, 5.74) is 0. The average molecular weight is 293 g/mol. The van der Waals surface area contributed by atoms with Crippen LogP contribution in [0.1, 0.15) is 26.7 Å². The lowest BCUT2D eigenvalue weighted by molar-refractivity contribution is 0.0983. The summed E-state index contributed by atoms with van der Waals surface area (Å²) in [4.78, 5) is 17.8. The molecule has 1 N–H and O–H groups in total. The van der Waals surface area contributed by atoms with Gasteiger partial charge in [-0.3, -0.25) is 0 Å². The Bertz CT molecular complexity index is 459. The van der Waals surface area contributed by atoms with Crippen LogP contribution < -0.4 is 10.1 Å². The molecule has 1 aromatic heterocycles. The number of carbonyl (C=O) groups excluding carboxylic acids is 1. The van der Waals surface area contributed by atoms with Gasteiger partial charge in [-0.15, -0.1) is 0 Å². The smallest absolute Gasteiger partial charge is 0.409 e. The predicted octanol–water partition coefficient (Wildman–Crippen LogP) is 2.51. The third kappa shape index (κ3) is 4.51. The molecule has 1 aliphatic heterocycles. The molecule has 0 radical (unpaired) electrons. The molecule has 0 unspecified atom stereocenters. The number of piperidine rings is 1. The van der Waals surface area contributed by atoms with Crippen LogP contribution in [0.25, 0.3) is 0 Å². The Morgan fingerprint density at radius 1 is 1.33 bits per heavy atom. The number of nitrogens with zero attached hydrogens (tertiary/aromatic N) is 2. The highest BCUT2D eigenvalue weighted by Crippen LogP contribution is 2.18. The quantitative estimate of drug-likeness (QED) is 0.903. The number of carbonyl (C=O) groups is 1. The summed E-state index contributed by atoms with van der Waals surface area (Å²) in [5, 5.41) is 3.40. The third-order valence-electron chi connectivity index (χ3n) is 3.39. The second-order valence-corrected chi connectivity index (χ2v) is 4.90. The van der Waals surface area contributed by atoms with E-state index < -0.39 is 0 Å². The first kappa shape index (κ1) is 15.4. The molecule has 2 rings (SSSR count). The molecule has 116 valence electrons. The van der Waals surface area contributed by atoms with Crippen LogP contribution >= 0.6 is 0 Å². The number of nitrogens with one attached hydrogen (secondary N) is 1. The lowest BCUT2D eigenvalue weighted by Gasteiger charge is -2.31. The standard InChI is InChI=1S/C15H23N3O3/c1-3-20-14-7-5-6-13(17-14)16-12-8-10-18(11-9-12)15(19)21-4-2/h5-7,12H,3-4,8-11H2,1-2H3,(H,16,17). The lowest BCUT2D eigenvalue weighted by atomic mass is 10.1. The molecule has 21 heavy (non-hydrogen) atoms. The molecular weight excluding hydrogens is 270 g/mol. The Labute approximate surface area is 125 Å². The molecular formula is C15H23N3O3. The molecule has 0 aliphatic carbocycles. The van der Waals surface area contributed by atoms with E-state index in [1.54, 1.807) is 4.90 Å². The van der Waals surface area contributed by atoms with E-state index in [4.69, 9.17) is 9.47 Å². The summed E-state index contributed by atoms with van der Waals surface area (Å²) in [6.07, 6.45) is 1.56. The van der Waals surface area contributed by atoms with Gasteiger partial charge in [0.15, 0.2) is 0 Å². The highest BCUT2D eigenvalue weighted by Gasteiger charge is 2.23. The van der Waals surface area contributed by atoms with Crippen molar-refractivity contribution in [2.75, 3.05) is 31.6 Å². The molecule has 0 bridgehead atoms. The molecule has 6 nitrogen and oxygen atoms in total. The number of anilines is 1. The summed E-state index contributed by atoms with van der Waals surface area (Å²) in [7, 11) is 0. The van der Waals surface area contributed by atoms with Crippen molar-refractivity contribution in [2.45, 2.75) is 32.7 Å². The van der Waals surface area contributed by atoms with E-state index in [0.29, 0.717) is 38.2 Å². The van der Waals surface area contributed by atoms with E-state index in [-0.39, 0.29) is 6.09 Å². The number of hydrogen-bond acceptors (Lipinski definition) is 5. The van der Waals surface area contributed by atoms with Crippen molar-refractivity contribution in [3.63, 3.8) is 0 Å². The maximum absolute atomic E-state index is 11.6. The summed E-state index contributed by atoms with van der Waals surface area (Å²) < 4.78 is 10.4. The first-order chi connectivity index (χ1) is 10.2. The number of ether oxygens (including phenoxy) is 2. The number of pyridine rings is 1. The van der Waals surface area contributed by atoms with Gasteiger partial charge in [-0.05, 0) is 32.8 Å². The summed E-state index contributed by atoms with van der Waals surface area (Å²) in [5.74, 6) is 1.45. The van der Waals surface area contributed by atoms with Gasteiger partial charge < -0.3 is 19.7 Å². The van der Waals surface area contributed by atoms with E-state index >= 15 is 0 Å². The minimum absolute atomic E-state index is 0.215. The fraction of sp³-hybridized carbons (Fsp3) is 0.600. The van der Waals surface area contributed by atoms with Crippen LogP contribution in [-0.4, -0.2) is 48.3 Å². The van der Waals surface area contributed by atoms with Crippen molar-refractivity contribution in [3.8, 4) is 5.88 Å². The van der Waals surface area contributed by atoms with Gasteiger partial charge in [-0.1, -0.05) is 6.07 Å². The molecule has 1 saturated heterocycles. The maximum atomic E-state index is 11.6. The first-order valence-electron chi connectivity index (χ1n) is 7.51. The van der Waals surface area contributed by atoms with Crippen molar-refractivity contribution in [3.05, 3.63) is 18.2 Å². The molecule has 1 aromatic rings. The molecule has 0 atom stereocenters. The Hall–Kier alpha value is -1.98. The van der Waals surface area contributed by atoms with Gasteiger partial charge in [0.2, 0.25) is 5.88 Å². The van der Waals surface area contributed by atoms with Gasteiger partial charge in [-0.2, -0.15) is 4.98 Å². The molecule has 1 aliphatic rings. The molecule has 0 aromatic carbocycles. The second-order valence-electron chi connectivity index (χ2n) is 4.90. The topological polar surface area (TPSA) is 63.7 Å². The normalized spacial score (nSPS) is 15.6. The third-order valence-corrected chi connectivity index (χ3v) is 3.39. The first-order valence-corrected chi connectivity index (χ1v) is 7.51. The Balaban J connectivity index is 1.83. The average Bonchev–Trinajstić information content (AvgIpc) is 2.49. The Morgan fingerprint density at radius 3 is 2.76 bits per heavy atom. The SMILES string of the molecule is CCOC(=O)N1CCC(Nc2cccc(OCC)n2)CC1. The monoisotopic (exact) mass is 293 g/mol. The van der Waals surface area contributed by atoms with Crippen molar-refractivity contribution in [1.29, 1.82) is 0 Å². The Morgan fingerprint density at radius 2 is 2.10 bits per heavy atom. The van der Waals surface area contributed by atoms with Crippen LogP contribution in [0.5, 0.6) is 5.88 Å². The van der Waals surface area contributed by atoms with Crippen LogP contribution in [0.4, 0.5) is 10.6 Å². The Kier molecular flexibility index (Phi) is 5.66. The van der Waals surface area contributed by atoms with E-state index in [9.17, 15) is 4.79 Å². The predicted molar refractivity (Wildman–Crippen MR) is 80.6 cm³/mol. The molecule has 1 amide bonds. The van der Waals surface area contributed by atoms with Crippen LogP contribution in [-0.2, 0) is 4.74 Å². The van der Waals surface area contributed by atoms with Gasteiger partial charge in [-0.25, -0.2) is 4.79 Å². The van der Waals surface area contributed by atoms with Crippen LogP contribution in [0.15, 0.2) is 18.2 Å². The number of hydrogen-bond donors (Lipinski definition) is 1. The summed E-state index contributed by atoms with van der Waals surface area (Å²) in [6, 6.07) is 6.02. The van der Waals surface area contributed by atoms with Crippen molar-refractivity contribution in [1.82, 2.24) is 9.88 Å². The zero-order valence-corrected chi connectivity index (χ0v) is 12.7. The van der Waals surface area contributed by atoms with Gasteiger partial charge in [0.25, 0.3) is 0 Å². The van der Waals surface area contributed by atoms with E-state index in [0.717, 1.165) is 18.7 Å². The lowest BCUT2D eigenvalue weighted by Crippen LogP contribution is -2.42. The minimum Gasteiger partial charge on any atom is -0.478 e. The van der Waals surface area contributed by atoms with Gasteiger partial charge in [0.05, 0.1) is 13.2 Å². The minimum atomic E-state index is -0.215. The van der Waals surface area contributed by atoms with Crippen molar-refractivity contribution < 1.29 is 14.3 Å². The van der Waals surface area contributed by atoms with Crippen LogP contribution in [0, 0.1) is 0 Å². The molecule has 2 heterocycles. The maximum Gasteiger partial charge on any atom is 0.409 e. The largest absolute Gasteiger partial charge is 0.478 e. The number of amides is 1. The highest BCUT2D eigenvalue weighted by molar-refractivity contribution is 5.67. The zero-order chi connectivity index (χ0) is 15.1. The fourth-order valence-corrected chi connectivity index (χ4v) is 2.35. The van der Waals surface area contributed by atoms with E-state index in [1.807, 2.05) is 32.0 Å². The van der Waals surface area contributed by atoms with Crippen LogP contribution in [0.2, 0.25) is 0 Å². The van der Waals surface area contributed by atoms with Crippen molar-refractivity contribution >= 4 is 11.9 Å². The number of aromatic nitrogens is 1. The molecule has 1 fully saturated rings. The molecule has 0 spiro atoms. The fourth-order valence-electron chi connectivity index (χ4n) is 2.35. The second kappa shape index (κ2) is 7.71. The zero-order valence-electron chi connectivity index (χ0n) is 12.7. The van der Waals surface area contributed by atoms with Crippen LogP contribution in [0.3, 0.4) is 0 Å². The van der Waals surface area contributed by atoms with Crippen molar-refractivity contribution in [2.24, 2.45) is 0 Å². The van der Waals surface area contributed by atoms with Gasteiger partial charge >= 0.3 is 6.09 Å². The van der Waals surface area contributed by atoms with Gasteiger partial charge in [0, 0.05) is 25.2 Å². The van der Waals surface area contributed by atoms with E-state index in [2.05, 4.69) is 10.3 Å². The molecule has 6 heteroatoms. The van der Waals surface area contributed by atoms with E-state index in [1.165, 1.54) is 0 Å².